The molecule has 0 aliphatic carbocycles. The van der Waals surface area contributed by atoms with Crippen LogP contribution in [0.15, 0.2) is 10.9 Å². The Morgan fingerprint density at radius 1 is 1.79 bits per heavy atom. The summed E-state index contributed by atoms with van der Waals surface area (Å²) in [6, 6.07) is 0. The molecular formula is C9H13ClN2OS. The zero-order chi connectivity index (χ0) is 10.6. The van der Waals surface area contributed by atoms with Gasteiger partial charge in [-0.15, -0.1) is 22.9 Å². The van der Waals surface area contributed by atoms with Gasteiger partial charge in [0.15, 0.2) is 0 Å². The van der Waals surface area contributed by atoms with Crippen molar-refractivity contribution in [3.63, 3.8) is 0 Å². The standard InChI is InChI=1S/C9H13ClN2OS/c1-7(10)3-4-12(2)9(13)8-5-14-6-11-8/h5-7H,3-4H2,1-2H3. The van der Waals surface area contributed by atoms with E-state index in [1.807, 2.05) is 6.92 Å². The molecule has 0 aliphatic heterocycles. The molecule has 0 aliphatic rings. The Bertz CT molecular complexity index is 287. The maximum Gasteiger partial charge on any atom is 0.273 e. The van der Waals surface area contributed by atoms with Crippen LogP contribution >= 0.6 is 22.9 Å². The maximum absolute atomic E-state index is 11.6. The molecule has 0 bridgehead atoms. The number of alkyl halides is 1. The van der Waals surface area contributed by atoms with Gasteiger partial charge >= 0.3 is 0 Å². The van der Waals surface area contributed by atoms with Gasteiger partial charge < -0.3 is 4.90 Å². The van der Waals surface area contributed by atoms with Gasteiger partial charge in [0.25, 0.3) is 5.91 Å². The first-order chi connectivity index (χ1) is 6.61. The van der Waals surface area contributed by atoms with Crippen LogP contribution in [0.1, 0.15) is 23.8 Å². The number of halogens is 1. The molecule has 1 atom stereocenters. The van der Waals surface area contributed by atoms with E-state index < -0.39 is 0 Å². The first-order valence-electron chi connectivity index (χ1n) is 4.39. The topological polar surface area (TPSA) is 33.2 Å². The summed E-state index contributed by atoms with van der Waals surface area (Å²) in [5, 5.41) is 1.85. The summed E-state index contributed by atoms with van der Waals surface area (Å²) in [6.07, 6.45) is 0.800. The highest BCUT2D eigenvalue weighted by molar-refractivity contribution is 7.07. The fourth-order valence-corrected chi connectivity index (χ4v) is 1.61. The SMILES string of the molecule is CC(Cl)CCN(C)C(=O)c1cscn1. The molecule has 1 heterocycles. The summed E-state index contributed by atoms with van der Waals surface area (Å²) in [5.41, 5.74) is 2.17. The normalized spacial score (nSPS) is 12.5. The quantitative estimate of drug-likeness (QED) is 0.746. The molecule has 5 heteroatoms. The molecule has 1 amide bonds. The molecule has 1 aromatic heterocycles. The van der Waals surface area contributed by atoms with Crippen LogP contribution in [0.25, 0.3) is 0 Å². The van der Waals surface area contributed by atoms with Gasteiger partial charge in [0.1, 0.15) is 5.69 Å². The first kappa shape index (κ1) is 11.5. The number of amides is 1. The van der Waals surface area contributed by atoms with E-state index in [-0.39, 0.29) is 11.3 Å². The monoisotopic (exact) mass is 232 g/mol. The van der Waals surface area contributed by atoms with Crippen molar-refractivity contribution >= 4 is 28.8 Å². The van der Waals surface area contributed by atoms with E-state index in [0.29, 0.717) is 12.2 Å². The summed E-state index contributed by atoms with van der Waals surface area (Å²) in [5.74, 6) is -0.0384. The molecule has 0 saturated carbocycles. The minimum Gasteiger partial charge on any atom is -0.340 e. The van der Waals surface area contributed by atoms with Gasteiger partial charge in [-0.1, -0.05) is 0 Å². The van der Waals surface area contributed by atoms with Crippen LogP contribution in [-0.2, 0) is 0 Å². The van der Waals surface area contributed by atoms with E-state index >= 15 is 0 Å². The molecule has 1 aromatic rings. The molecule has 0 spiro atoms. The highest BCUT2D eigenvalue weighted by Crippen LogP contribution is 2.06. The van der Waals surface area contributed by atoms with Crippen molar-refractivity contribution in [1.82, 2.24) is 9.88 Å². The van der Waals surface area contributed by atoms with Gasteiger partial charge in [-0.2, -0.15) is 0 Å². The fourth-order valence-electron chi connectivity index (χ4n) is 0.987. The number of nitrogens with zero attached hydrogens (tertiary/aromatic N) is 2. The van der Waals surface area contributed by atoms with Gasteiger partial charge in [0.05, 0.1) is 5.51 Å². The zero-order valence-corrected chi connectivity index (χ0v) is 9.81. The molecule has 78 valence electrons. The number of rotatable bonds is 4. The number of carbonyl (C=O) groups is 1. The lowest BCUT2D eigenvalue weighted by molar-refractivity contribution is 0.0788. The van der Waals surface area contributed by atoms with E-state index in [1.165, 1.54) is 11.3 Å². The Labute approximate surface area is 92.7 Å². The number of aromatic nitrogens is 1. The second-order valence-electron chi connectivity index (χ2n) is 3.17. The lowest BCUT2D eigenvalue weighted by Crippen LogP contribution is -2.29. The number of carbonyl (C=O) groups excluding carboxylic acids is 1. The summed E-state index contributed by atoms with van der Waals surface area (Å²) < 4.78 is 0. The van der Waals surface area contributed by atoms with Gasteiger partial charge in [-0.3, -0.25) is 4.79 Å². The molecule has 1 rings (SSSR count). The summed E-state index contributed by atoms with van der Waals surface area (Å²) in [6.45, 7) is 2.59. The van der Waals surface area contributed by atoms with Crippen molar-refractivity contribution in [1.29, 1.82) is 0 Å². The van der Waals surface area contributed by atoms with Crippen LogP contribution in [0.2, 0.25) is 0 Å². The Balaban J connectivity index is 2.45. The van der Waals surface area contributed by atoms with Crippen molar-refractivity contribution < 1.29 is 4.79 Å². The summed E-state index contributed by atoms with van der Waals surface area (Å²) in [4.78, 5) is 17.3. The summed E-state index contributed by atoms with van der Waals surface area (Å²) >= 11 is 7.22. The van der Waals surface area contributed by atoms with Crippen molar-refractivity contribution in [2.24, 2.45) is 0 Å². The number of hydrogen-bond donors (Lipinski definition) is 0. The molecule has 3 nitrogen and oxygen atoms in total. The second kappa shape index (κ2) is 5.32. The third-order valence-electron chi connectivity index (χ3n) is 1.86. The van der Waals surface area contributed by atoms with Gasteiger partial charge in [-0.05, 0) is 13.3 Å². The lowest BCUT2D eigenvalue weighted by atomic mass is 10.3. The smallest absolute Gasteiger partial charge is 0.273 e. The number of hydrogen-bond acceptors (Lipinski definition) is 3. The van der Waals surface area contributed by atoms with E-state index in [9.17, 15) is 4.79 Å². The average molecular weight is 233 g/mol. The third-order valence-corrected chi connectivity index (χ3v) is 2.67. The molecule has 0 fully saturated rings. The van der Waals surface area contributed by atoms with Crippen LogP contribution < -0.4 is 0 Å². The van der Waals surface area contributed by atoms with Gasteiger partial charge in [-0.25, -0.2) is 4.98 Å². The third kappa shape index (κ3) is 3.27. The average Bonchev–Trinajstić information content (AvgIpc) is 2.65. The van der Waals surface area contributed by atoms with E-state index in [2.05, 4.69) is 4.98 Å². The Morgan fingerprint density at radius 2 is 2.50 bits per heavy atom. The fraction of sp³-hybridized carbons (Fsp3) is 0.556. The van der Waals surface area contributed by atoms with Gasteiger partial charge in [0, 0.05) is 24.3 Å². The molecule has 14 heavy (non-hydrogen) atoms. The minimum atomic E-state index is -0.0384. The zero-order valence-electron chi connectivity index (χ0n) is 8.24. The van der Waals surface area contributed by atoms with Crippen LogP contribution in [0.4, 0.5) is 0 Å². The molecule has 0 aromatic carbocycles. The van der Waals surface area contributed by atoms with Crippen molar-refractivity contribution in [3.8, 4) is 0 Å². The van der Waals surface area contributed by atoms with E-state index in [0.717, 1.165) is 6.42 Å². The largest absolute Gasteiger partial charge is 0.340 e. The van der Waals surface area contributed by atoms with Crippen molar-refractivity contribution in [3.05, 3.63) is 16.6 Å². The Morgan fingerprint density at radius 3 is 3.00 bits per heavy atom. The first-order valence-corrected chi connectivity index (χ1v) is 5.77. The molecule has 0 radical (unpaired) electrons. The van der Waals surface area contributed by atoms with Crippen LogP contribution in [-0.4, -0.2) is 34.8 Å². The van der Waals surface area contributed by atoms with E-state index in [4.69, 9.17) is 11.6 Å². The highest BCUT2D eigenvalue weighted by Gasteiger charge is 2.13. The molecule has 1 unspecified atom stereocenters. The Kier molecular flexibility index (Phi) is 4.35. The predicted molar refractivity (Wildman–Crippen MR) is 59.0 cm³/mol. The predicted octanol–water partition coefficient (Wildman–Crippen LogP) is 2.23. The molecule has 0 N–H and O–H groups in total. The highest BCUT2D eigenvalue weighted by atomic mass is 35.5. The lowest BCUT2D eigenvalue weighted by Gasteiger charge is -2.16. The van der Waals surface area contributed by atoms with Crippen LogP contribution in [0.5, 0.6) is 0 Å². The maximum atomic E-state index is 11.6. The van der Waals surface area contributed by atoms with Crippen LogP contribution in [0.3, 0.4) is 0 Å². The number of thiazole rings is 1. The minimum absolute atomic E-state index is 0.0384. The van der Waals surface area contributed by atoms with Crippen molar-refractivity contribution in [2.45, 2.75) is 18.7 Å². The van der Waals surface area contributed by atoms with Crippen LogP contribution in [0, 0.1) is 0 Å². The second-order valence-corrected chi connectivity index (χ2v) is 4.63. The van der Waals surface area contributed by atoms with Crippen molar-refractivity contribution in [2.75, 3.05) is 13.6 Å². The Hall–Kier alpha value is -0.610. The summed E-state index contributed by atoms with van der Waals surface area (Å²) in [7, 11) is 1.76. The van der Waals surface area contributed by atoms with E-state index in [1.54, 1.807) is 22.8 Å². The van der Waals surface area contributed by atoms with Gasteiger partial charge in [0.2, 0.25) is 0 Å². The molecule has 0 saturated heterocycles. The molecular weight excluding hydrogens is 220 g/mol.